The topological polar surface area (TPSA) is 37.3 Å². The highest BCUT2D eigenvalue weighted by Crippen LogP contribution is 2.18. The van der Waals surface area contributed by atoms with Crippen LogP contribution in [-0.4, -0.2) is 15.7 Å². The van der Waals surface area contributed by atoms with Crippen LogP contribution in [0.2, 0.25) is 0 Å². The average Bonchev–Trinajstić information content (AvgIpc) is 2.16. The molecule has 0 saturated heterocycles. The number of hydrogen-bond acceptors (Lipinski definition) is 2. The summed E-state index contributed by atoms with van der Waals surface area (Å²) in [5.41, 5.74) is 1.53. The van der Waals surface area contributed by atoms with Crippen LogP contribution in [-0.2, 0) is 6.61 Å². The molecule has 4 heteroatoms. The summed E-state index contributed by atoms with van der Waals surface area (Å²) < 4.78 is 0.880. The summed E-state index contributed by atoms with van der Waals surface area (Å²) in [5, 5.41) is 8.90. The van der Waals surface area contributed by atoms with Gasteiger partial charge in [-0.05, 0) is 47.2 Å². The molecule has 0 aliphatic rings. The molecular formula is C10H10BrIO2. The van der Waals surface area contributed by atoms with Crippen molar-refractivity contribution in [2.45, 2.75) is 18.4 Å². The van der Waals surface area contributed by atoms with E-state index >= 15 is 0 Å². The smallest absolute Gasteiger partial charge is 0.177 e. The van der Waals surface area contributed by atoms with Crippen LogP contribution < -0.4 is 0 Å². The molecule has 0 bridgehead atoms. The first kappa shape index (κ1) is 12.1. The third kappa shape index (κ3) is 2.77. The number of Topliss-reactive ketones (excluding diaryl/α,β-unsaturated/α-hetero) is 1. The first-order chi connectivity index (χ1) is 6.56. The Bertz CT molecular complexity index is 350. The summed E-state index contributed by atoms with van der Waals surface area (Å²) in [6.45, 7) is 1.81. The molecule has 0 aliphatic carbocycles. The molecule has 0 aromatic heterocycles. The Morgan fingerprint density at radius 3 is 2.71 bits per heavy atom. The van der Waals surface area contributed by atoms with E-state index in [9.17, 15) is 4.79 Å². The Hall–Kier alpha value is 0.0600. The second kappa shape index (κ2) is 5.23. The summed E-state index contributed by atoms with van der Waals surface area (Å²) in [6.07, 6.45) is 0. The van der Waals surface area contributed by atoms with Crippen molar-refractivity contribution in [3.8, 4) is 0 Å². The van der Waals surface area contributed by atoms with Crippen LogP contribution in [0.15, 0.2) is 18.2 Å². The van der Waals surface area contributed by atoms with Crippen LogP contribution in [0.4, 0.5) is 0 Å². The normalized spacial score (nSPS) is 12.6. The van der Waals surface area contributed by atoms with E-state index in [0.717, 1.165) is 9.13 Å². The maximum Gasteiger partial charge on any atom is 0.177 e. The molecule has 1 atom stereocenters. The van der Waals surface area contributed by atoms with E-state index in [1.165, 1.54) is 0 Å². The van der Waals surface area contributed by atoms with Crippen molar-refractivity contribution in [1.29, 1.82) is 0 Å². The van der Waals surface area contributed by atoms with Gasteiger partial charge in [-0.3, -0.25) is 4.79 Å². The molecule has 14 heavy (non-hydrogen) atoms. The van der Waals surface area contributed by atoms with Crippen molar-refractivity contribution in [3.05, 3.63) is 32.9 Å². The van der Waals surface area contributed by atoms with Gasteiger partial charge in [-0.15, -0.1) is 0 Å². The van der Waals surface area contributed by atoms with Gasteiger partial charge in [0, 0.05) is 9.13 Å². The Labute approximate surface area is 105 Å². The van der Waals surface area contributed by atoms with E-state index < -0.39 is 0 Å². The van der Waals surface area contributed by atoms with Crippen molar-refractivity contribution in [3.63, 3.8) is 0 Å². The van der Waals surface area contributed by atoms with Gasteiger partial charge in [0.2, 0.25) is 0 Å². The summed E-state index contributed by atoms with van der Waals surface area (Å²) in [4.78, 5) is 11.5. The van der Waals surface area contributed by atoms with Crippen LogP contribution in [0.5, 0.6) is 0 Å². The fourth-order valence-corrected chi connectivity index (χ4v) is 2.16. The highest BCUT2D eigenvalue weighted by molar-refractivity contribution is 14.1. The van der Waals surface area contributed by atoms with Gasteiger partial charge in [0.05, 0.1) is 11.4 Å². The molecule has 0 amide bonds. The summed E-state index contributed by atoms with van der Waals surface area (Å²) in [7, 11) is 0. The van der Waals surface area contributed by atoms with Gasteiger partial charge in [0.1, 0.15) is 0 Å². The molecule has 0 saturated carbocycles. The van der Waals surface area contributed by atoms with Gasteiger partial charge in [-0.25, -0.2) is 0 Å². The lowest BCUT2D eigenvalue weighted by Gasteiger charge is -2.06. The fourth-order valence-electron chi connectivity index (χ4n) is 1.07. The highest BCUT2D eigenvalue weighted by atomic mass is 127. The van der Waals surface area contributed by atoms with E-state index in [4.69, 9.17) is 5.11 Å². The number of carbonyl (C=O) groups excluding carboxylic acids is 1. The molecule has 2 nitrogen and oxygen atoms in total. The third-order valence-electron chi connectivity index (χ3n) is 1.84. The second-order valence-electron chi connectivity index (χ2n) is 2.95. The average molecular weight is 369 g/mol. The molecule has 1 aromatic rings. The number of benzene rings is 1. The standard InChI is InChI=1S/C10H10BrIO2/c1-6(11)10(14)8-3-2-7(5-13)4-9(8)12/h2-4,6,13H,5H2,1H3. The summed E-state index contributed by atoms with van der Waals surface area (Å²) >= 11 is 5.35. The first-order valence-corrected chi connectivity index (χ1v) is 6.13. The fraction of sp³-hybridized carbons (Fsp3) is 0.300. The summed E-state index contributed by atoms with van der Waals surface area (Å²) in [5.74, 6) is 0.0684. The van der Waals surface area contributed by atoms with Gasteiger partial charge in [0.25, 0.3) is 0 Å². The molecule has 0 aliphatic heterocycles. The molecule has 1 rings (SSSR count). The number of rotatable bonds is 3. The maximum absolute atomic E-state index is 11.7. The van der Waals surface area contributed by atoms with Crippen LogP contribution in [0.3, 0.4) is 0 Å². The lowest BCUT2D eigenvalue weighted by molar-refractivity contribution is 0.0995. The maximum atomic E-state index is 11.7. The largest absolute Gasteiger partial charge is 0.392 e. The monoisotopic (exact) mass is 368 g/mol. The van der Waals surface area contributed by atoms with Crippen molar-refractivity contribution in [2.75, 3.05) is 0 Å². The number of hydrogen-bond donors (Lipinski definition) is 1. The van der Waals surface area contributed by atoms with Crippen LogP contribution in [0.25, 0.3) is 0 Å². The van der Waals surface area contributed by atoms with E-state index in [-0.39, 0.29) is 17.2 Å². The molecule has 1 N–H and O–H groups in total. The predicted octanol–water partition coefficient (Wildman–Crippen LogP) is 2.75. The van der Waals surface area contributed by atoms with E-state index in [2.05, 4.69) is 38.5 Å². The van der Waals surface area contributed by atoms with E-state index in [1.807, 2.05) is 6.07 Å². The predicted molar refractivity (Wildman–Crippen MR) is 67.8 cm³/mol. The number of aliphatic hydroxyl groups is 1. The van der Waals surface area contributed by atoms with Crippen LogP contribution in [0.1, 0.15) is 22.8 Å². The number of carbonyl (C=O) groups is 1. The minimum Gasteiger partial charge on any atom is -0.392 e. The highest BCUT2D eigenvalue weighted by Gasteiger charge is 2.14. The van der Waals surface area contributed by atoms with Gasteiger partial charge in [-0.1, -0.05) is 22.0 Å². The third-order valence-corrected chi connectivity index (χ3v) is 3.15. The van der Waals surface area contributed by atoms with Gasteiger partial charge in [0.15, 0.2) is 5.78 Å². The second-order valence-corrected chi connectivity index (χ2v) is 5.49. The van der Waals surface area contributed by atoms with Gasteiger partial charge in [-0.2, -0.15) is 0 Å². The minimum absolute atomic E-state index is 0.00827. The number of aliphatic hydroxyl groups excluding tert-OH is 1. The first-order valence-electron chi connectivity index (χ1n) is 4.14. The Kier molecular flexibility index (Phi) is 4.53. The van der Waals surface area contributed by atoms with E-state index in [1.54, 1.807) is 19.1 Å². The molecule has 1 unspecified atom stereocenters. The van der Waals surface area contributed by atoms with Crippen molar-refractivity contribution in [1.82, 2.24) is 0 Å². The van der Waals surface area contributed by atoms with E-state index in [0.29, 0.717) is 5.56 Å². The number of ketones is 1. The Morgan fingerprint density at radius 1 is 1.64 bits per heavy atom. The Balaban J connectivity index is 3.06. The zero-order chi connectivity index (χ0) is 10.7. The molecule has 0 fully saturated rings. The lowest BCUT2D eigenvalue weighted by atomic mass is 10.1. The van der Waals surface area contributed by atoms with Gasteiger partial charge >= 0.3 is 0 Å². The Morgan fingerprint density at radius 2 is 2.29 bits per heavy atom. The minimum atomic E-state index is -0.170. The van der Waals surface area contributed by atoms with Gasteiger partial charge < -0.3 is 5.11 Å². The molecule has 0 spiro atoms. The summed E-state index contributed by atoms with van der Waals surface area (Å²) in [6, 6.07) is 5.35. The zero-order valence-corrected chi connectivity index (χ0v) is 11.4. The molecule has 0 heterocycles. The number of halogens is 2. The molecule has 76 valence electrons. The lowest BCUT2D eigenvalue weighted by Crippen LogP contribution is -2.11. The van der Waals surface area contributed by atoms with Crippen molar-refractivity contribution < 1.29 is 9.90 Å². The van der Waals surface area contributed by atoms with Crippen molar-refractivity contribution >= 4 is 44.3 Å². The number of alkyl halides is 1. The van der Waals surface area contributed by atoms with Crippen molar-refractivity contribution in [2.24, 2.45) is 0 Å². The SMILES string of the molecule is CC(Br)C(=O)c1ccc(CO)cc1I. The van der Waals surface area contributed by atoms with Crippen LogP contribution >= 0.6 is 38.5 Å². The quantitative estimate of drug-likeness (QED) is 0.506. The molecular weight excluding hydrogens is 359 g/mol. The molecule has 0 radical (unpaired) electrons. The molecule has 1 aromatic carbocycles. The van der Waals surface area contributed by atoms with Crippen LogP contribution in [0, 0.1) is 3.57 Å². The zero-order valence-electron chi connectivity index (χ0n) is 7.63.